The maximum atomic E-state index is 2.41. The highest BCUT2D eigenvalue weighted by atomic mass is 35.5. The molecule has 31 heavy (non-hydrogen) atoms. The Balaban J connectivity index is 0.00000116. The van der Waals surface area contributed by atoms with E-state index >= 15 is 0 Å². The Hall–Kier alpha value is -2.80. The number of benzene rings is 4. The first-order valence-corrected chi connectivity index (χ1v) is 10.4. The van der Waals surface area contributed by atoms with Crippen LogP contribution in [0.2, 0.25) is 0 Å². The van der Waals surface area contributed by atoms with Crippen LogP contribution in [0.4, 0.5) is 0 Å². The summed E-state index contributed by atoms with van der Waals surface area (Å²) in [6.07, 6.45) is 3.45. The zero-order chi connectivity index (χ0) is 19.4. The van der Waals surface area contributed by atoms with E-state index in [0.717, 1.165) is 6.42 Å². The number of hydrogen-bond acceptors (Lipinski definition) is 0. The molecule has 4 aromatic rings. The highest BCUT2D eigenvalue weighted by Crippen LogP contribution is 2.48. The van der Waals surface area contributed by atoms with E-state index in [1.54, 1.807) is 0 Å². The first-order chi connectivity index (χ1) is 14.3. The van der Waals surface area contributed by atoms with Gasteiger partial charge in [0.15, 0.2) is 0 Å². The Morgan fingerprint density at radius 2 is 1.26 bits per heavy atom. The molecule has 0 saturated heterocycles. The Morgan fingerprint density at radius 3 is 2.06 bits per heavy atom. The molecule has 1 unspecified atom stereocenters. The molecule has 0 spiro atoms. The number of hydrogen-bond donors (Lipinski definition) is 0. The molecule has 2 aliphatic carbocycles. The normalized spacial score (nSPS) is 15.1. The number of rotatable bonds is 2. The smallest absolute Gasteiger partial charge is 0.0308 e. The monoisotopic (exact) mass is 442 g/mol. The third-order valence-electron chi connectivity index (χ3n) is 6.56. The van der Waals surface area contributed by atoms with Gasteiger partial charge in [0.2, 0.25) is 0 Å². The molecule has 0 N–H and O–H groups in total. The summed E-state index contributed by atoms with van der Waals surface area (Å²) in [7, 11) is 0. The molecule has 0 nitrogen and oxygen atoms in total. The van der Waals surface area contributed by atoms with Gasteiger partial charge in [0.1, 0.15) is 0 Å². The Bertz CT molecular complexity index is 1290. The average molecular weight is 443 g/mol. The zero-order valence-corrected chi connectivity index (χ0v) is 19.0. The molecule has 4 aromatic carbocycles. The molecule has 0 aromatic heterocycles. The van der Waals surface area contributed by atoms with Gasteiger partial charge in [0.05, 0.1) is 0 Å². The van der Waals surface area contributed by atoms with Crippen molar-refractivity contribution in [1.29, 1.82) is 0 Å². The van der Waals surface area contributed by atoms with Crippen LogP contribution in [0.15, 0.2) is 96.6 Å². The molecule has 6 rings (SSSR count). The van der Waals surface area contributed by atoms with Crippen LogP contribution >= 0.6 is 24.8 Å². The van der Waals surface area contributed by atoms with Crippen LogP contribution in [0.25, 0.3) is 28.3 Å². The highest BCUT2D eigenvalue weighted by molar-refractivity contribution is 5.86. The minimum Gasteiger partial charge on any atom is -0.147 e. The standard InChI is InChI=1S/C29H22.2ClH/c1-19-17-27-22(20-9-3-2-4-10-20)13-7-15-25(27)29(19)26-16-8-14-24-23-12-6-5-11-21(23)18-28(24)26;;/h2-17,29H,18H2,1H3;2*1H. The van der Waals surface area contributed by atoms with Gasteiger partial charge in [-0.3, -0.25) is 0 Å². The average Bonchev–Trinajstić information content (AvgIpc) is 3.31. The fourth-order valence-electron chi connectivity index (χ4n) is 5.29. The molecule has 0 radical (unpaired) electrons. The molecular formula is C29H24Cl2. The van der Waals surface area contributed by atoms with Crippen molar-refractivity contribution in [3.63, 3.8) is 0 Å². The number of allylic oxidation sites excluding steroid dienone is 1. The van der Waals surface area contributed by atoms with Crippen molar-refractivity contribution in [2.75, 3.05) is 0 Å². The lowest BCUT2D eigenvalue weighted by Crippen LogP contribution is -2.04. The van der Waals surface area contributed by atoms with Gasteiger partial charge in [-0.05, 0) is 63.4 Å². The summed E-state index contributed by atoms with van der Waals surface area (Å²) in [5.74, 6) is 0.345. The molecule has 1 atom stereocenters. The molecule has 0 saturated carbocycles. The third kappa shape index (κ3) is 3.31. The van der Waals surface area contributed by atoms with E-state index in [1.165, 1.54) is 55.6 Å². The van der Waals surface area contributed by atoms with Crippen molar-refractivity contribution >= 4 is 30.9 Å². The van der Waals surface area contributed by atoms with Crippen LogP contribution < -0.4 is 0 Å². The minimum atomic E-state index is 0. The summed E-state index contributed by atoms with van der Waals surface area (Å²) in [6, 6.07) is 33.3. The molecule has 0 fully saturated rings. The van der Waals surface area contributed by atoms with Gasteiger partial charge in [0.25, 0.3) is 0 Å². The Kier molecular flexibility index (Phi) is 5.79. The van der Waals surface area contributed by atoms with E-state index < -0.39 is 0 Å². The Labute approximate surface area is 196 Å². The zero-order valence-electron chi connectivity index (χ0n) is 17.3. The topological polar surface area (TPSA) is 0 Å². The van der Waals surface area contributed by atoms with Crippen molar-refractivity contribution in [2.45, 2.75) is 19.3 Å². The summed E-state index contributed by atoms with van der Waals surface area (Å²) < 4.78 is 0. The molecule has 0 amide bonds. The predicted octanol–water partition coefficient (Wildman–Crippen LogP) is 8.32. The molecular weight excluding hydrogens is 419 g/mol. The van der Waals surface area contributed by atoms with Gasteiger partial charge >= 0.3 is 0 Å². The second-order valence-electron chi connectivity index (χ2n) is 8.20. The van der Waals surface area contributed by atoms with E-state index in [0.29, 0.717) is 5.92 Å². The lowest BCUT2D eigenvalue weighted by molar-refractivity contribution is 0.954. The molecule has 0 heterocycles. The fourth-order valence-corrected chi connectivity index (χ4v) is 5.29. The quantitative estimate of drug-likeness (QED) is 0.257. The maximum Gasteiger partial charge on any atom is 0.0308 e. The maximum absolute atomic E-state index is 2.41. The summed E-state index contributed by atoms with van der Waals surface area (Å²) in [5, 5.41) is 0. The van der Waals surface area contributed by atoms with Crippen molar-refractivity contribution in [1.82, 2.24) is 0 Å². The van der Waals surface area contributed by atoms with Crippen LogP contribution in [-0.2, 0) is 6.42 Å². The van der Waals surface area contributed by atoms with E-state index in [4.69, 9.17) is 0 Å². The van der Waals surface area contributed by atoms with E-state index in [1.807, 2.05) is 0 Å². The molecule has 0 aliphatic heterocycles. The van der Waals surface area contributed by atoms with Crippen LogP contribution in [0.5, 0.6) is 0 Å². The first-order valence-electron chi connectivity index (χ1n) is 10.4. The lowest BCUT2D eigenvalue weighted by atomic mass is 9.84. The third-order valence-corrected chi connectivity index (χ3v) is 6.56. The van der Waals surface area contributed by atoms with Gasteiger partial charge in [-0.15, -0.1) is 24.8 Å². The van der Waals surface area contributed by atoms with Gasteiger partial charge in [-0.2, -0.15) is 0 Å². The summed E-state index contributed by atoms with van der Waals surface area (Å²) >= 11 is 0. The molecule has 0 bridgehead atoms. The van der Waals surface area contributed by atoms with Crippen molar-refractivity contribution in [3.05, 3.63) is 124 Å². The molecule has 2 heteroatoms. The van der Waals surface area contributed by atoms with E-state index in [2.05, 4.69) is 104 Å². The summed E-state index contributed by atoms with van der Waals surface area (Å²) in [6.45, 7) is 2.29. The number of fused-ring (bicyclic) bond motifs is 4. The molecule has 2 aliphatic rings. The number of halogens is 2. The summed E-state index contributed by atoms with van der Waals surface area (Å²) in [5.41, 5.74) is 14.1. The van der Waals surface area contributed by atoms with Crippen molar-refractivity contribution < 1.29 is 0 Å². The van der Waals surface area contributed by atoms with Crippen LogP contribution in [0, 0.1) is 0 Å². The predicted molar refractivity (Wildman–Crippen MR) is 137 cm³/mol. The van der Waals surface area contributed by atoms with E-state index in [9.17, 15) is 0 Å². The fraction of sp³-hybridized carbons (Fsp3) is 0.103. The second kappa shape index (κ2) is 8.38. The van der Waals surface area contributed by atoms with Gasteiger partial charge < -0.3 is 0 Å². The highest BCUT2D eigenvalue weighted by Gasteiger charge is 2.30. The summed E-state index contributed by atoms with van der Waals surface area (Å²) in [4.78, 5) is 0. The SMILES string of the molecule is CC1=Cc2c(-c3ccccc3)cccc2C1c1cccc2c1Cc1ccccc1-2.Cl.Cl. The van der Waals surface area contributed by atoms with Crippen LogP contribution in [-0.4, -0.2) is 0 Å². The first kappa shape index (κ1) is 21.4. The van der Waals surface area contributed by atoms with Gasteiger partial charge in [-0.1, -0.05) is 103 Å². The van der Waals surface area contributed by atoms with E-state index in [-0.39, 0.29) is 24.8 Å². The lowest BCUT2D eigenvalue weighted by Gasteiger charge is -2.20. The molecule has 154 valence electrons. The minimum absolute atomic E-state index is 0. The van der Waals surface area contributed by atoms with Crippen molar-refractivity contribution in [3.8, 4) is 22.3 Å². The van der Waals surface area contributed by atoms with Crippen LogP contribution in [0.3, 0.4) is 0 Å². The largest absolute Gasteiger partial charge is 0.147 e. The second-order valence-corrected chi connectivity index (χ2v) is 8.20. The van der Waals surface area contributed by atoms with Gasteiger partial charge in [0, 0.05) is 5.92 Å². The Morgan fingerprint density at radius 1 is 0.613 bits per heavy atom. The van der Waals surface area contributed by atoms with Crippen LogP contribution in [0.1, 0.15) is 40.7 Å². The van der Waals surface area contributed by atoms with Gasteiger partial charge in [-0.25, -0.2) is 0 Å². The van der Waals surface area contributed by atoms with Crippen molar-refractivity contribution in [2.24, 2.45) is 0 Å².